The van der Waals surface area contributed by atoms with Crippen LogP contribution in [0.1, 0.15) is 15.9 Å². The van der Waals surface area contributed by atoms with Crippen molar-refractivity contribution >= 4 is 28.4 Å². The van der Waals surface area contributed by atoms with E-state index in [1.165, 1.54) is 0 Å². The lowest BCUT2D eigenvalue weighted by atomic mass is 10.0. The van der Waals surface area contributed by atoms with Crippen LogP contribution in [0.25, 0.3) is 22.3 Å². The Morgan fingerprint density at radius 3 is 2.43 bits per heavy atom. The molecule has 0 aliphatic carbocycles. The zero-order valence-electron chi connectivity index (χ0n) is 17.0. The van der Waals surface area contributed by atoms with Gasteiger partial charge in [-0.05, 0) is 31.2 Å². The molecule has 0 spiro atoms. The van der Waals surface area contributed by atoms with Gasteiger partial charge in [-0.15, -0.1) is 0 Å². The molecule has 0 saturated heterocycles. The molecule has 0 unspecified atom stereocenters. The molecule has 2 aromatic carbocycles. The Morgan fingerprint density at radius 1 is 1.00 bits per heavy atom. The number of hydrogen-bond donors (Lipinski definition) is 1. The van der Waals surface area contributed by atoms with Crippen LogP contribution in [-0.2, 0) is 0 Å². The zero-order chi connectivity index (χ0) is 21.3. The van der Waals surface area contributed by atoms with Gasteiger partial charge in [0.05, 0.1) is 22.8 Å². The number of hydrogen-bond acceptors (Lipinski definition) is 5. The Labute approximate surface area is 173 Å². The van der Waals surface area contributed by atoms with Crippen LogP contribution in [0.4, 0.5) is 11.5 Å². The summed E-state index contributed by atoms with van der Waals surface area (Å²) in [6.07, 6.45) is 1.68. The number of nitrogens with one attached hydrogen (secondary N) is 1. The van der Waals surface area contributed by atoms with Gasteiger partial charge in [0, 0.05) is 25.2 Å². The number of aromatic nitrogens is 1. The number of fused-ring (bicyclic) bond motifs is 1. The molecule has 6 heteroatoms. The van der Waals surface area contributed by atoms with Crippen molar-refractivity contribution in [2.24, 2.45) is 0 Å². The SMILES string of the molecule is Cc1c(-c2ccccc2)oc2c(C(=O)Nc3ccc(N(C)C)cn3)cccc2c1=O. The third kappa shape index (κ3) is 3.55. The van der Waals surface area contributed by atoms with E-state index >= 15 is 0 Å². The van der Waals surface area contributed by atoms with Crippen LogP contribution in [0, 0.1) is 6.92 Å². The van der Waals surface area contributed by atoms with Crippen LogP contribution >= 0.6 is 0 Å². The number of para-hydroxylation sites is 1. The van der Waals surface area contributed by atoms with E-state index < -0.39 is 5.91 Å². The molecule has 1 N–H and O–H groups in total. The summed E-state index contributed by atoms with van der Waals surface area (Å²) in [4.78, 5) is 32.1. The first-order valence-corrected chi connectivity index (χ1v) is 9.52. The Bertz CT molecular complexity index is 1280. The highest BCUT2D eigenvalue weighted by Gasteiger charge is 2.18. The highest BCUT2D eigenvalue weighted by atomic mass is 16.3. The third-order valence-corrected chi connectivity index (χ3v) is 4.93. The molecule has 4 aromatic rings. The maximum atomic E-state index is 13.0. The summed E-state index contributed by atoms with van der Waals surface area (Å²) >= 11 is 0. The van der Waals surface area contributed by atoms with Gasteiger partial charge in [-0.25, -0.2) is 4.98 Å². The first-order valence-electron chi connectivity index (χ1n) is 9.52. The quantitative estimate of drug-likeness (QED) is 0.548. The Hall–Kier alpha value is -3.93. The highest BCUT2D eigenvalue weighted by Crippen LogP contribution is 2.27. The maximum Gasteiger partial charge on any atom is 0.260 e. The summed E-state index contributed by atoms with van der Waals surface area (Å²) in [5.41, 5.74) is 2.59. The predicted molar refractivity (Wildman–Crippen MR) is 119 cm³/mol. The number of amides is 1. The van der Waals surface area contributed by atoms with Crippen molar-refractivity contribution in [3.63, 3.8) is 0 Å². The van der Waals surface area contributed by atoms with Crippen LogP contribution < -0.4 is 15.6 Å². The number of nitrogens with zero attached hydrogens (tertiary/aromatic N) is 2. The highest BCUT2D eigenvalue weighted by molar-refractivity contribution is 6.11. The largest absolute Gasteiger partial charge is 0.455 e. The molecular formula is C24H21N3O3. The van der Waals surface area contributed by atoms with Crippen LogP contribution in [0.3, 0.4) is 0 Å². The van der Waals surface area contributed by atoms with Gasteiger partial charge in [0.15, 0.2) is 11.0 Å². The molecule has 0 fully saturated rings. The molecule has 0 radical (unpaired) electrons. The van der Waals surface area contributed by atoms with Gasteiger partial charge < -0.3 is 14.6 Å². The van der Waals surface area contributed by atoms with Gasteiger partial charge in [-0.1, -0.05) is 36.4 Å². The first kappa shape index (κ1) is 19.4. The fourth-order valence-corrected chi connectivity index (χ4v) is 3.26. The molecular weight excluding hydrogens is 378 g/mol. The minimum Gasteiger partial charge on any atom is -0.455 e. The summed E-state index contributed by atoms with van der Waals surface area (Å²) in [5, 5.41) is 3.15. The van der Waals surface area contributed by atoms with Crippen LogP contribution in [0.5, 0.6) is 0 Å². The number of pyridine rings is 1. The van der Waals surface area contributed by atoms with E-state index in [0.717, 1.165) is 11.3 Å². The Kier molecular flexibility index (Phi) is 5.06. The van der Waals surface area contributed by atoms with Crippen molar-refractivity contribution in [3.05, 3.63) is 88.2 Å². The average molecular weight is 399 g/mol. The molecule has 0 aliphatic heterocycles. The van der Waals surface area contributed by atoms with Gasteiger partial charge in [-0.3, -0.25) is 9.59 Å². The molecule has 2 aromatic heterocycles. The second-order valence-corrected chi connectivity index (χ2v) is 7.18. The second-order valence-electron chi connectivity index (χ2n) is 7.18. The number of anilines is 2. The molecule has 0 atom stereocenters. The van der Waals surface area contributed by atoms with Crippen molar-refractivity contribution in [2.75, 3.05) is 24.3 Å². The minimum atomic E-state index is -0.392. The fourth-order valence-electron chi connectivity index (χ4n) is 3.26. The summed E-state index contributed by atoms with van der Waals surface area (Å²) in [6.45, 7) is 1.73. The lowest BCUT2D eigenvalue weighted by Crippen LogP contribution is -2.16. The fraction of sp³-hybridized carbons (Fsp3) is 0.125. The van der Waals surface area contributed by atoms with Crippen LogP contribution in [0.2, 0.25) is 0 Å². The van der Waals surface area contributed by atoms with E-state index in [2.05, 4.69) is 10.3 Å². The molecule has 0 bridgehead atoms. The first-order chi connectivity index (χ1) is 14.5. The number of benzene rings is 2. The van der Waals surface area contributed by atoms with Gasteiger partial charge >= 0.3 is 0 Å². The Balaban J connectivity index is 1.78. The van der Waals surface area contributed by atoms with E-state index in [1.54, 1.807) is 37.4 Å². The van der Waals surface area contributed by atoms with E-state index in [9.17, 15) is 9.59 Å². The van der Waals surface area contributed by atoms with Crippen LogP contribution in [0.15, 0.2) is 76.1 Å². The van der Waals surface area contributed by atoms with E-state index in [0.29, 0.717) is 22.5 Å². The third-order valence-electron chi connectivity index (χ3n) is 4.93. The smallest absolute Gasteiger partial charge is 0.260 e. The molecule has 0 saturated carbocycles. The monoisotopic (exact) mass is 399 g/mol. The number of carbonyl (C=O) groups is 1. The average Bonchev–Trinajstić information content (AvgIpc) is 2.76. The van der Waals surface area contributed by atoms with Crippen molar-refractivity contribution in [2.45, 2.75) is 6.92 Å². The molecule has 30 heavy (non-hydrogen) atoms. The van der Waals surface area contributed by atoms with Gasteiger partial charge in [-0.2, -0.15) is 0 Å². The minimum absolute atomic E-state index is 0.154. The molecule has 1 amide bonds. The van der Waals surface area contributed by atoms with Crippen LogP contribution in [-0.4, -0.2) is 25.0 Å². The van der Waals surface area contributed by atoms with E-state index in [-0.39, 0.29) is 16.6 Å². The topological polar surface area (TPSA) is 75.4 Å². The standard InChI is InChI=1S/C24H21N3O3/c1-15-21(28)18-10-7-11-19(23(18)30-22(15)16-8-5-4-6-9-16)24(29)26-20-13-12-17(14-25-20)27(2)3/h4-14H,1-3H3,(H,25,26,29). The molecule has 150 valence electrons. The van der Waals surface area contributed by atoms with E-state index in [1.807, 2.05) is 55.4 Å². The molecule has 4 rings (SSSR count). The maximum absolute atomic E-state index is 13.0. The van der Waals surface area contributed by atoms with Crippen molar-refractivity contribution in [3.8, 4) is 11.3 Å². The lowest BCUT2D eigenvalue weighted by Gasteiger charge is -2.13. The van der Waals surface area contributed by atoms with Crippen molar-refractivity contribution in [1.29, 1.82) is 0 Å². The van der Waals surface area contributed by atoms with Gasteiger partial charge in [0.25, 0.3) is 5.91 Å². The molecule has 0 aliphatic rings. The second kappa shape index (κ2) is 7.83. The molecule has 2 heterocycles. The predicted octanol–water partition coefficient (Wildman–Crippen LogP) is 4.48. The normalized spacial score (nSPS) is 10.8. The van der Waals surface area contributed by atoms with Gasteiger partial charge in [0.2, 0.25) is 0 Å². The summed E-state index contributed by atoms with van der Waals surface area (Å²) in [5.74, 6) is 0.485. The van der Waals surface area contributed by atoms with E-state index in [4.69, 9.17) is 4.42 Å². The lowest BCUT2D eigenvalue weighted by molar-refractivity contribution is 0.102. The Morgan fingerprint density at radius 2 is 1.77 bits per heavy atom. The summed E-state index contributed by atoms with van der Waals surface area (Å²) in [6, 6.07) is 18.0. The zero-order valence-corrected chi connectivity index (χ0v) is 17.0. The number of rotatable bonds is 4. The molecule has 6 nitrogen and oxygen atoms in total. The van der Waals surface area contributed by atoms with Gasteiger partial charge in [0.1, 0.15) is 11.6 Å². The summed E-state index contributed by atoms with van der Waals surface area (Å²) in [7, 11) is 3.83. The van der Waals surface area contributed by atoms with Crippen molar-refractivity contribution in [1.82, 2.24) is 4.98 Å². The number of carbonyl (C=O) groups excluding carboxylic acids is 1. The summed E-state index contributed by atoms with van der Waals surface area (Å²) < 4.78 is 6.11. The van der Waals surface area contributed by atoms with Crippen molar-refractivity contribution < 1.29 is 9.21 Å².